The van der Waals surface area contributed by atoms with E-state index in [2.05, 4.69) is 10.3 Å². The second kappa shape index (κ2) is 6.80. The summed E-state index contributed by atoms with van der Waals surface area (Å²) in [5, 5.41) is 2.81. The van der Waals surface area contributed by atoms with Crippen LogP contribution in [0, 0.1) is 0 Å². The molecule has 0 radical (unpaired) electrons. The number of ether oxygens (including phenoxy) is 1. The molecule has 2 rings (SSSR count). The number of carbonyl (C=O) groups excluding carboxylic acids is 1. The van der Waals surface area contributed by atoms with Crippen LogP contribution in [-0.2, 0) is 4.79 Å². The van der Waals surface area contributed by atoms with E-state index >= 15 is 0 Å². The topological polar surface area (TPSA) is 51.2 Å². The normalized spacial score (nSPS) is 9.95. The maximum Gasteiger partial charge on any atom is 0.234 e. The lowest BCUT2D eigenvalue weighted by atomic mass is 10.3. The van der Waals surface area contributed by atoms with Crippen LogP contribution in [0.25, 0.3) is 0 Å². The first kappa shape index (κ1) is 13.4. The van der Waals surface area contributed by atoms with Gasteiger partial charge in [0.15, 0.2) is 0 Å². The highest BCUT2D eigenvalue weighted by atomic mass is 32.2. The number of hydrogen-bond donors (Lipinski definition) is 1. The molecule has 5 heteroatoms. The van der Waals surface area contributed by atoms with Gasteiger partial charge < -0.3 is 10.1 Å². The summed E-state index contributed by atoms with van der Waals surface area (Å²) in [6.07, 6.45) is 5.24. The molecule has 19 heavy (non-hydrogen) atoms. The number of amides is 1. The largest absolute Gasteiger partial charge is 0.457 e. The maximum atomic E-state index is 11.4. The van der Waals surface area contributed by atoms with Crippen molar-refractivity contribution in [3.05, 3.63) is 48.8 Å². The molecular weight excluding hydrogens is 260 g/mol. The van der Waals surface area contributed by atoms with E-state index in [-0.39, 0.29) is 5.91 Å². The number of nitrogens with one attached hydrogen (secondary N) is 1. The van der Waals surface area contributed by atoms with E-state index in [0.717, 1.165) is 11.4 Å². The number of pyridine rings is 1. The van der Waals surface area contributed by atoms with Crippen molar-refractivity contribution in [3.8, 4) is 11.5 Å². The predicted molar refractivity (Wildman–Crippen MR) is 77.8 cm³/mol. The van der Waals surface area contributed by atoms with Crippen molar-refractivity contribution >= 4 is 23.4 Å². The Morgan fingerprint density at radius 3 is 2.42 bits per heavy atom. The van der Waals surface area contributed by atoms with E-state index in [1.807, 2.05) is 30.5 Å². The number of aromatic nitrogens is 1. The standard InChI is InChI=1S/C14H14N2O2S/c1-19-10-14(17)16-11-2-4-12(5-3-11)18-13-6-8-15-9-7-13/h2-9H,10H2,1H3,(H,16,17). The van der Waals surface area contributed by atoms with Crippen LogP contribution in [0.2, 0.25) is 0 Å². The van der Waals surface area contributed by atoms with Gasteiger partial charge in [0.2, 0.25) is 5.91 Å². The molecule has 0 fully saturated rings. The molecule has 2 aromatic rings. The lowest BCUT2D eigenvalue weighted by Gasteiger charge is -2.07. The first-order chi connectivity index (χ1) is 9.28. The number of nitrogens with zero attached hydrogens (tertiary/aromatic N) is 1. The second-order valence-corrected chi connectivity index (χ2v) is 4.66. The summed E-state index contributed by atoms with van der Waals surface area (Å²) in [6.45, 7) is 0. The van der Waals surface area contributed by atoms with Gasteiger partial charge in [-0.3, -0.25) is 9.78 Å². The molecule has 0 bridgehead atoms. The first-order valence-electron chi connectivity index (χ1n) is 5.74. The molecule has 1 amide bonds. The van der Waals surface area contributed by atoms with Crippen LogP contribution in [0.15, 0.2) is 48.8 Å². The lowest BCUT2D eigenvalue weighted by Crippen LogP contribution is -2.13. The Kier molecular flexibility index (Phi) is 4.80. The van der Waals surface area contributed by atoms with Crippen molar-refractivity contribution in [3.63, 3.8) is 0 Å². The Morgan fingerprint density at radius 2 is 1.79 bits per heavy atom. The molecule has 0 saturated heterocycles. The molecule has 1 aromatic heterocycles. The molecule has 1 aromatic carbocycles. The zero-order valence-corrected chi connectivity index (χ0v) is 11.3. The van der Waals surface area contributed by atoms with Crippen LogP contribution in [-0.4, -0.2) is 22.9 Å². The molecule has 0 saturated carbocycles. The summed E-state index contributed by atoms with van der Waals surface area (Å²) >= 11 is 1.49. The highest BCUT2D eigenvalue weighted by Gasteiger charge is 2.01. The molecule has 0 aliphatic carbocycles. The van der Waals surface area contributed by atoms with Gasteiger partial charge >= 0.3 is 0 Å². The zero-order valence-electron chi connectivity index (χ0n) is 10.5. The van der Waals surface area contributed by atoms with E-state index < -0.39 is 0 Å². The van der Waals surface area contributed by atoms with Crippen LogP contribution in [0.4, 0.5) is 5.69 Å². The van der Waals surface area contributed by atoms with Crippen molar-refractivity contribution in [1.82, 2.24) is 4.98 Å². The van der Waals surface area contributed by atoms with Crippen molar-refractivity contribution < 1.29 is 9.53 Å². The maximum absolute atomic E-state index is 11.4. The molecule has 0 aliphatic heterocycles. The average molecular weight is 274 g/mol. The highest BCUT2D eigenvalue weighted by molar-refractivity contribution is 7.99. The Balaban J connectivity index is 1.97. The number of rotatable bonds is 5. The van der Waals surface area contributed by atoms with E-state index in [1.54, 1.807) is 24.5 Å². The van der Waals surface area contributed by atoms with Crippen molar-refractivity contribution in [2.24, 2.45) is 0 Å². The van der Waals surface area contributed by atoms with Crippen LogP contribution in [0.1, 0.15) is 0 Å². The third-order valence-electron chi connectivity index (χ3n) is 2.30. The van der Waals surface area contributed by atoms with Gasteiger partial charge in [-0.05, 0) is 42.7 Å². The van der Waals surface area contributed by atoms with Gasteiger partial charge in [0.05, 0.1) is 5.75 Å². The number of benzene rings is 1. The zero-order chi connectivity index (χ0) is 13.5. The second-order valence-electron chi connectivity index (χ2n) is 3.79. The third-order valence-corrected chi connectivity index (χ3v) is 2.85. The Labute approximate surface area is 116 Å². The van der Waals surface area contributed by atoms with Gasteiger partial charge in [-0.25, -0.2) is 0 Å². The fourth-order valence-electron chi connectivity index (χ4n) is 1.48. The average Bonchev–Trinajstić information content (AvgIpc) is 2.42. The monoisotopic (exact) mass is 274 g/mol. The summed E-state index contributed by atoms with van der Waals surface area (Å²) in [6, 6.07) is 10.8. The van der Waals surface area contributed by atoms with Gasteiger partial charge in [-0.15, -0.1) is 0 Å². The molecule has 1 N–H and O–H groups in total. The molecule has 0 atom stereocenters. The number of anilines is 1. The molecule has 1 heterocycles. The van der Waals surface area contributed by atoms with E-state index in [9.17, 15) is 4.79 Å². The van der Waals surface area contributed by atoms with Gasteiger partial charge in [0.25, 0.3) is 0 Å². The van der Waals surface area contributed by atoms with Gasteiger partial charge in [0, 0.05) is 18.1 Å². The minimum atomic E-state index is -0.00435. The quantitative estimate of drug-likeness (QED) is 0.909. The van der Waals surface area contributed by atoms with Gasteiger partial charge in [0.1, 0.15) is 11.5 Å². The fourth-order valence-corrected chi connectivity index (χ4v) is 1.81. The molecule has 0 aliphatic rings. The minimum Gasteiger partial charge on any atom is -0.457 e. The smallest absolute Gasteiger partial charge is 0.234 e. The molecule has 0 spiro atoms. The summed E-state index contributed by atoms with van der Waals surface area (Å²) in [4.78, 5) is 15.3. The summed E-state index contributed by atoms with van der Waals surface area (Å²) < 4.78 is 5.63. The number of carbonyl (C=O) groups is 1. The summed E-state index contributed by atoms with van der Waals surface area (Å²) in [5.74, 6) is 1.90. The van der Waals surface area contributed by atoms with Gasteiger partial charge in [-0.1, -0.05) is 0 Å². The van der Waals surface area contributed by atoms with Crippen LogP contribution >= 0.6 is 11.8 Å². The van der Waals surface area contributed by atoms with Crippen LogP contribution < -0.4 is 10.1 Å². The van der Waals surface area contributed by atoms with E-state index in [4.69, 9.17) is 4.74 Å². The Bertz CT molecular complexity index is 529. The summed E-state index contributed by atoms with van der Waals surface area (Å²) in [5.41, 5.74) is 0.765. The SMILES string of the molecule is CSCC(=O)Nc1ccc(Oc2ccncc2)cc1. The van der Waals surface area contributed by atoms with Crippen LogP contribution in [0.3, 0.4) is 0 Å². The van der Waals surface area contributed by atoms with E-state index in [0.29, 0.717) is 11.5 Å². The number of thioether (sulfide) groups is 1. The molecule has 0 unspecified atom stereocenters. The van der Waals surface area contributed by atoms with Crippen molar-refractivity contribution in [1.29, 1.82) is 0 Å². The van der Waals surface area contributed by atoms with Crippen molar-refractivity contribution in [2.45, 2.75) is 0 Å². The molecule has 4 nitrogen and oxygen atoms in total. The van der Waals surface area contributed by atoms with Crippen LogP contribution in [0.5, 0.6) is 11.5 Å². The first-order valence-corrected chi connectivity index (χ1v) is 7.14. The van der Waals surface area contributed by atoms with E-state index in [1.165, 1.54) is 11.8 Å². The fraction of sp³-hybridized carbons (Fsp3) is 0.143. The molecule has 98 valence electrons. The highest BCUT2D eigenvalue weighted by Crippen LogP contribution is 2.22. The summed E-state index contributed by atoms with van der Waals surface area (Å²) in [7, 11) is 0. The molecular formula is C14H14N2O2S. The predicted octanol–water partition coefficient (Wildman–Crippen LogP) is 3.18. The third kappa shape index (κ3) is 4.30. The Morgan fingerprint density at radius 1 is 1.16 bits per heavy atom. The minimum absolute atomic E-state index is 0.00435. The number of hydrogen-bond acceptors (Lipinski definition) is 4. The Hall–Kier alpha value is -2.01. The van der Waals surface area contributed by atoms with Gasteiger partial charge in [-0.2, -0.15) is 11.8 Å². The van der Waals surface area contributed by atoms with Crippen molar-refractivity contribution in [2.75, 3.05) is 17.3 Å². The lowest BCUT2D eigenvalue weighted by molar-refractivity contribution is -0.113.